The lowest BCUT2D eigenvalue weighted by atomic mass is 9.94. The lowest BCUT2D eigenvalue weighted by Gasteiger charge is -2.14. The molecule has 0 saturated heterocycles. The van der Waals surface area contributed by atoms with Crippen LogP contribution in [-0.4, -0.2) is 15.0 Å². The fraction of sp³-hybridized carbons (Fsp3) is 0. The van der Waals surface area contributed by atoms with Crippen molar-refractivity contribution < 1.29 is 0 Å². The van der Waals surface area contributed by atoms with Gasteiger partial charge in [-0.2, -0.15) is 0 Å². The number of hydrogen-bond donors (Lipinski definition) is 0. The average molecular weight is 738 g/mol. The van der Waals surface area contributed by atoms with Gasteiger partial charge in [-0.15, -0.1) is 0 Å². The third-order valence-electron chi connectivity index (χ3n) is 11.3. The third kappa shape index (κ3) is 6.07. The van der Waals surface area contributed by atoms with Gasteiger partial charge in [0, 0.05) is 16.7 Å². The largest absolute Gasteiger partial charge is 0.208 e. The molecule has 11 aromatic rings. The van der Waals surface area contributed by atoms with Crippen molar-refractivity contribution in [1.82, 2.24) is 15.0 Å². The molecule has 1 aromatic heterocycles. The van der Waals surface area contributed by atoms with E-state index in [4.69, 9.17) is 15.0 Å². The van der Waals surface area contributed by atoms with Gasteiger partial charge in [0.05, 0.1) is 0 Å². The van der Waals surface area contributed by atoms with Gasteiger partial charge in [-0.05, 0) is 107 Å². The second kappa shape index (κ2) is 14.1. The van der Waals surface area contributed by atoms with Crippen LogP contribution < -0.4 is 0 Å². The Balaban J connectivity index is 1.01. The molecule has 0 aliphatic heterocycles. The van der Waals surface area contributed by atoms with Crippen LogP contribution in [0.2, 0.25) is 0 Å². The molecule has 0 aliphatic carbocycles. The van der Waals surface area contributed by atoms with Gasteiger partial charge in [-0.1, -0.05) is 182 Å². The van der Waals surface area contributed by atoms with E-state index in [1.807, 2.05) is 18.2 Å². The van der Waals surface area contributed by atoms with E-state index in [-0.39, 0.29) is 0 Å². The number of hydrogen-bond acceptors (Lipinski definition) is 3. The van der Waals surface area contributed by atoms with Crippen LogP contribution >= 0.6 is 0 Å². The van der Waals surface area contributed by atoms with Crippen molar-refractivity contribution in [2.45, 2.75) is 0 Å². The van der Waals surface area contributed by atoms with Crippen molar-refractivity contribution in [3.05, 3.63) is 212 Å². The van der Waals surface area contributed by atoms with Gasteiger partial charge >= 0.3 is 0 Å². The lowest BCUT2D eigenvalue weighted by Crippen LogP contribution is -2.01. The molecule has 0 saturated carbocycles. The maximum atomic E-state index is 5.24. The molecule has 270 valence electrons. The molecule has 0 unspecified atom stereocenters. The number of nitrogens with zero attached hydrogens (tertiary/aromatic N) is 3. The third-order valence-corrected chi connectivity index (χ3v) is 11.3. The summed E-state index contributed by atoms with van der Waals surface area (Å²) in [7, 11) is 0. The second-order valence-electron chi connectivity index (χ2n) is 14.8. The number of aromatic nitrogens is 3. The molecule has 0 aliphatic rings. The first-order valence-corrected chi connectivity index (χ1v) is 19.7. The lowest BCUT2D eigenvalue weighted by molar-refractivity contribution is 1.08. The number of fused-ring (bicyclic) bond motifs is 5. The highest BCUT2D eigenvalue weighted by atomic mass is 15.0. The van der Waals surface area contributed by atoms with Crippen molar-refractivity contribution in [3.63, 3.8) is 0 Å². The number of rotatable bonds is 6. The molecule has 0 bridgehead atoms. The molecule has 10 aromatic carbocycles. The van der Waals surface area contributed by atoms with Crippen LogP contribution in [0.3, 0.4) is 0 Å². The van der Waals surface area contributed by atoms with Crippen molar-refractivity contribution >= 4 is 43.1 Å². The van der Waals surface area contributed by atoms with E-state index in [1.165, 1.54) is 54.6 Å². The van der Waals surface area contributed by atoms with E-state index >= 15 is 0 Å². The van der Waals surface area contributed by atoms with E-state index in [0.717, 1.165) is 38.6 Å². The summed E-state index contributed by atoms with van der Waals surface area (Å²) < 4.78 is 0. The summed E-state index contributed by atoms with van der Waals surface area (Å²) >= 11 is 0. The molecule has 0 radical (unpaired) electrons. The van der Waals surface area contributed by atoms with Gasteiger partial charge in [0.25, 0.3) is 0 Å². The van der Waals surface area contributed by atoms with Gasteiger partial charge in [0.2, 0.25) is 0 Å². The Bertz CT molecular complexity index is 3330. The average Bonchev–Trinajstić information content (AvgIpc) is 3.31. The Hall–Kier alpha value is -7.75. The quantitative estimate of drug-likeness (QED) is 0.160. The van der Waals surface area contributed by atoms with Gasteiger partial charge in [0.1, 0.15) is 0 Å². The van der Waals surface area contributed by atoms with Crippen molar-refractivity contribution in [1.29, 1.82) is 0 Å². The Morgan fingerprint density at radius 3 is 1.52 bits per heavy atom. The predicted octanol–water partition coefficient (Wildman–Crippen LogP) is 14.5. The van der Waals surface area contributed by atoms with Crippen LogP contribution in [0, 0.1) is 0 Å². The van der Waals surface area contributed by atoms with Gasteiger partial charge in [-0.3, -0.25) is 0 Å². The normalized spacial score (nSPS) is 11.4. The summed E-state index contributed by atoms with van der Waals surface area (Å²) in [5, 5.41) is 9.52. The molecule has 0 N–H and O–H groups in total. The van der Waals surface area contributed by atoms with Crippen LogP contribution in [-0.2, 0) is 0 Å². The van der Waals surface area contributed by atoms with Gasteiger partial charge in [-0.25, -0.2) is 15.0 Å². The Labute approximate surface area is 336 Å². The molecule has 0 amide bonds. The summed E-state index contributed by atoms with van der Waals surface area (Å²) in [6.07, 6.45) is 0. The molecule has 1 heterocycles. The zero-order valence-electron chi connectivity index (χ0n) is 31.5. The Morgan fingerprint density at radius 1 is 0.207 bits per heavy atom. The second-order valence-corrected chi connectivity index (χ2v) is 14.8. The first kappa shape index (κ1) is 33.6. The maximum absolute atomic E-state index is 5.24. The summed E-state index contributed by atoms with van der Waals surface area (Å²) in [6, 6.07) is 75.4. The molecule has 3 heteroatoms. The van der Waals surface area contributed by atoms with Crippen LogP contribution in [0.25, 0.3) is 111 Å². The topological polar surface area (TPSA) is 38.7 Å². The highest BCUT2D eigenvalue weighted by molar-refractivity contribution is 6.14. The van der Waals surface area contributed by atoms with E-state index in [9.17, 15) is 0 Å². The van der Waals surface area contributed by atoms with Crippen LogP contribution in [0.5, 0.6) is 0 Å². The molecule has 3 nitrogen and oxygen atoms in total. The van der Waals surface area contributed by atoms with Crippen molar-refractivity contribution in [2.75, 3.05) is 0 Å². The maximum Gasteiger partial charge on any atom is 0.164 e. The first-order chi connectivity index (χ1) is 28.7. The van der Waals surface area contributed by atoms with Crippen LogP contribution in [0.1, 0.15) is 0 Å². The van der Waals surface area contributed by atoms with Gasteiger partial charge < -0.3 is 0 Å². The highest BCUT2D eigenvalue weighted by Crippen LogP contribution is 2.38. The summed E-state index contributed by atoms with van der Waals surface area (Å²) in [6.45, 7) is 0. The minimum absolute atomic E-state index is 0.634. The van der Waals surface area contributed by atoms with Gasteiger partial charge in [0.15, 0.2) is 17.5 Å². The monoisotopic (exact) mass is 737 g/mol. The summed E-state index contributed by atoms with van der Waals surface area (Å²) in [5.41, 5.74) is 9.95. The minimum Gasteiger partial charge on any atom is -0.208 e. The van der Waals surface area contributed by atoms with E-state index in [1.54, 1.807) is 0 Å². The molecular weight excluding hydrogens is 703 g/mol. The summed E-state index contributed by atoms with van der Waals surface area (Å²) in [4.78, 5) is 15.5. The molecule has 11 rings (SSSR count). The SMILES string of the molecule is c1ccc(-c2ccc3cc(-c4nc(-c5ccccc5)nc(-c5cccc(-c6ccc7cc(-c8cccc9ccccc89)ccc7c6)c5)n4)c4ccccc4c3c2)cc1. The predicted molar refractivity (Wildman–Crippen MR) is 242 cm³/mol. The fourth-order valence-corrected chi connectivity index (χ4v) is 8.35. The zero-order chi connectivity index (χ0) is 38.4. The fourth-order valence-electron chi connectivity index (χ4n) is 8.35. The Kier molecular flexibility index (Phi) is 8.15. The van der Waals surface area contributed by atoms with Crippen LogP contribution in [0.15, 0.2) is 212 Å². The molecule has 0 spiro atoms. The molecular formula is C55H35N3. The molecule has 0 fully saturated rings. The van der Waals surface area contributed by atoms with Crippen molar-refractivity contribution in [3.8, 4) is 67.5 Å². The first-order valence-electron chi connectivity index (χ1n) is 19.7. The molecule has 0 atom stereocenters. The zero-order valence-corrected chi connectivity index (χ0v) is 31.5. The number of benzene rings is 10. The minimum atomic E-state index is 0.634. The Morgan fingerprint density at radius 2 is 0.724 bits per heavy atom. The van der Waals surface area contributed by atoms with Crippen molar-refractivity contribution in [2.24, 2.45) is 0 Å². The van der Waals surface area contributed by atoms with E-state index in [2.05, 4.69) is 194 Å². The standard InChI is InChI=1S/C55H35N3/c1-3-13-36(14-4-1)43-28-30-45-35-52(50-23-10-9-22-49(50)51(45)34-43)55-57-53(38-16-5-2-6-17-38)56-54(58-55)46-20-11-19-39(33-46)40-25-26-42-32-44(29-27-41(42)31-40)48-24-12-18-37-15-7-8-21-47(37)48/h1-35H. The summed E-state index contributed by atoms with van der Waals surface area (Å²) in [5.74, 6) is 1.92. The van der Waals surface area contributed by atoms with Crippen LogP contribution in [0.4, 0.5) is 0 Å². The molecule has 58 heavy (non-hydrogen) atoms. The highest BCUT2D eigenvalue weighted by Gasteiger charge is 2.17. The smallest absolute Gasteiger partial charge is 0.164 e. The van der Waals surface area contributed by atoms with E-state index < -0.39 is 0 Å². The van der Waals surface area contributed by atoms with E-state index in [0.29, 0.717) is 17.5 Å².